The van der Waals surface area contributed by atoms with Crippen LogP contribution in [0.5, 0.6) is 0 Å². The molecule has 21 heavy (non-hydrogen) atoms. The van der Waals surface area contributed by atoms with Gasteiger partial charge in [0.25, 0.3) is 0 Å². The van der Waals surface area contributed by atoms with Crippen LogP contribution in [0.3, 0.4) is 0 Å². The van der Waals surface area contributed by atoms with E-state index in [2.05, 4.69) is 30.0 Å². The van der Waals surface area contributed by atoms with Crippen molar-refractivity contribution in [3.63, 3.8) is 0 Å². The molecule has 1 N–H and O–H groups in total. The summed E-state index contributed by atoms with van der Waals surface area (Å²) in [5, 5.41) is 3.65. The summed E-state index contributed by atoms with van der Waals surface area (Å²) >= 11 is 0. The Kier molecular flexibility index (Phi) is 5.91. The van der Waals surface area contributed by atoms with Gasteiger partial charge >= 0.3 is 0 Å². The molecule has 4 heteroatoms. The Balaban J connectivity index is 3.08. The fourth-order valence-corrected chi connectivity index (χ4v) is 1.69. The summed E-state index contributed by atoms with van der Waals surface area (Å²) in [7, 11) is 1.53. The average molecular weight is 287 g/mol. The molecule has 112 valence electrons. The zero-order valence-corrected chi connectivity index (χ0v) is 12.9. The predicted molar refractivity (Wildman–Crippen MR) is 89.6 cm³/mol. The van der Waals surface area contributed by atoms with Gasteiger partial charge in [-0.3, -0.25) is 4.99 Å². The maximum absolute atomic E-state index is 14.1. The van der Waals surface area contributed by atoms with Gasteiger partial charge in [0, 0.05) is 29.6 Å². The molecule has 0 amide bonds. The van der Waals surface area contributed by atoms with Crippen molar-refractivity contribution < 1.29 is 4.48 Å². The molecule has 0 aliphatic carbocycles. The normalized spacial score (nSPS) is 11.0. The molecule has 0 bridgehead atoms. The number of aliphatic imine (C=N–C) groups is 1. The first-order valence-corrected chi connectivity index (χ1v) is 6.74. The Hall–Kier alpha value is -2.36. The van der Waals surface area contributed by atoms with E-state index in [4.69, 9.17) is 0 Å². The second-order valence-electron chi connectivity index (χ2n) is 4.60. The van der Waals surface area contributed by atoms with Crippen molar-refractivity contribution in [1.29, 1.82) is 0 Å². The monoisotopic (exact) mass is 287 g/mol. The molecule has 0 radical (unpaired) electrons. The maximum atomic E-state index is 14.1. The molecule has 0 spiro atoms. The van der Waals surface area contributed by atoms with Crippen molar-refractivity contribution >= 4 is 17.1 Å². The van der Waals surface area contributed by atoms with E-state index in [9.17, 15) is 4.48 Å². The highest BCUT2D eigenvalue weighted by molar-refractivity contribution is 5.89. The Morgan fingerprint density at radius 1 is 1.29 bits per heavy atom. The van der Waals surface area contributed by atoms with Crippen molar-refractivity contribution in [2.75, 3.05) is 12.4 Å². The summed E-state index contributed by atoms with van der Waals surface area (Å²) < 4.78 is 14.1. The van der Waals surface area contributed by atoms with Crippen LogP contribution < -0.4 is 5.32 Å². The van der Waals surface area contributed by atoms with Crippen molar-refractivity contribution in [1.82, 2.24) is 5.12 Å². The van der Waals surface area contributed by atoms with Crippen LogP contribution in [0.15, 0.2) is 60.4 Å². The molecule has 0 saturated carbocycles. The van der Waals surface area contributed by atoms with Gasteiger partial charge in [-0.1, -0.05) is 49.3 Å². The van der Waals surface area contributed by atoms with Crippen molar-refractivity contribution in [2.24, 2.45) is 4.99 Å². The van der Waals surface area contributed by atoms with E-state index in [-0.39, 0.29) is 11.5 Å². The minimum Gasteiger partial charge on any atom is -0.359 e. The second-order valence-corrected chi connectivity index (χ2v) is 4.60. The molecular formula is C17H22FN3. The van der Waals surface area contributed by atoms with Crippen LogP contribution in [0.1, 0.15) is 25.8 Å². The van der Waals surface area contributed by atoms with Gasteiger partial charge in [-0.25, -0.2) is 0 Å². The smallest absolute Gasteiger partial charge is 0.131 e. The van der Waals surface area contributed by atoms with Crippen molar-refractivity contribution in [3.05, 3.63) is 61.0 Å². The highest BCUT2D eigenvalue weighted by Crippen LogP contribution is 2.30. The van der Waals surface area contributed by atoms with Gasteiger partial charge in [0.2, 0.25) is 0 Å². The zero-order chi connectivity index (χ0) is 16.0. The number of nitrogens with one attached hydrogen (secondary N) is 1. The lowest BCUT2D eigenvalue weighted by molar-refractivity contribution is 0.179. The molecule has 0 aromatic heterocycles. The molecule has 1 aromatic carbocycles. The quantitative estimate of drug-likeness (QED) is 0.353. The molecule has 0 fully saturated rings. The lowest BCUT2D eigenvalue weighted by atomic mass is 10.0. The molecule has 1 aromatic rings. The van der Waals surface area contributed by atoms with E-state index < -0.39 is 0 Å². The molecule has 0 unspecified atom stereocenters. The Morgan fingerprint density at radius 2 is 1.90 bits per heavy atom. The minimum absolute atomic E-state index is 0.162. The summed E-state index contributed by atoms with van der Waals surface area (Å²) in [6.07, 6.45) is 0.804. The van der Waals surface area contributed by atoms with E-state index in [1.165, 1.54) is 7.05 Å². The SMILES string of the molecule is C=C(CC)Nc1ccccc1C(=C)C(=C)N(F)/C(C)=N\C. The van der Waals surface area contributed by atoms with Gasteiger partial charge < -0.3 is 5.32 Å². The highest BCUT2D eigenvalue weighted by Gasteiger charge is 2.16. The Labute approximate surface area is 126 Å². The predicted octanol–water partition coefficient (Wildman–Crippen LogP) is 4.78. The molecule has 0 heterocycles. The van der Waals surface area contributed by atoms with Gasteiger partial charge in [0.15, 0.2) is 0 Å². The van der Waals surface area contributed by atoms with Gasteiger partial charge in [-0.05, 0) is 19.4 Å². The van der Waals surface area contributed by atoms with Crippen LogP contribution in [0, 0.1) is 0 Å². The van der Waals surface area contributed by atoms with Crippen LogP contribution in [0.2, 0.25) is 0 Å². The van der Waals surface area contributed by atoms with Crippen LogP contribution >= 0.6 is 0 Å². The third-order valence-electron chi connectivity index (χ3n) is 3.18. The summed E-state index contributed by atoms with van der Waals surface area (Å²) in [4.78, 5) is 3.81. The van der Waals surface area contributed by atoms with Crippen LogP contribution in [-0.4, -0.2) is 18.0 Å². The van der Waals surface area contributed by atoms with Gasteiger partial charge in [0.05, 0.1) is 5.70 Å². The van der Waals surface area contributed by atoms with Gasteiger partial charge in [-0.2, -0.15) is 5.12 Å². The molecule has 1 rings (SSSR count). The second kappa shape index (κ2) is 7.43. The number of nitrogens with zero attached hydrogens (tertiary/aromatic N) is 2. The number of hydrogen-bond acceptors (Lipinski definition) is 2. The number of halogens is 1. The molecule has 0 atom stereocenters. The van der Waals surface area contributed by atoms with E-state index >= 15 is 0 Å². The van der Waals surface area contributed by atoms with Gasteiger partial charge in [0.1, 0.15) is 5.84 Å². The van der Waals surface area contributed by atoms with Gasteiger partial charge in [-0.15, -0.1) is 0 Å². The molecule has 0 aliphatic rings. The topological polar surface area (TPSA) is 27.6 Å². The van der Waals surface area contributed by atoms with Crippen molar-refractivity contribution in [3.8, 4) is 0 Å². The standard InChI is InChI=1S/C17H22FN3/c1-7-12(2)20-17-11-9-8-10-16(17)13(3)14(4)21(18)15(5)19-6/h8-11,20H,2-4,7H2,1,5-6H3/b19-15-. The largest absolute Gasteiger partial charge is 0.359 e. The first kappa shape index (κ1) is 16.7. The summed E-state index contributed by atoms with van der Waals surface area (Å²) in [5.41, 5.74) is 3.14. The lowest BCUT2D eigenvalue weighted by Gasteiger charge is -2.20. The van der Waals surface area contributed by atoms with Crippen molar-refractivity contribution in [2.45, 2.75) is 20.3 Å². The van der Waals surface area contributed by atoms with E-state index in [0.29, 0.717) is 10.7 Å². The molecular weight excluding hydrogens is 265 g/mol. The molecule has 0 aliphatic heterocycles. The maximum Gasteiger partial charge on any atom is 0.131 e. The molecule has 3 nitrogen and oxygen atoms in total. The highest BCUT2D eigenvalue weighted by atomic mass is 19.2. The number of allylic oxidation sites excluding steroid dienone is 2. The summed E-state index contributed by atoms with van der Waals surface area (Å²) in [6.45, 7) is 15.2. The van der Waals surface area contributed by atoms with E-state index in [0.717, 1.165) is 23.4 Å². The first-order chi connectivity index (χ1) is 9.92. The first-order valence-electron chi connectivity index (χ1n) is 6.74. The summed E-state index contributed by atoms with van der Waals surface area (Å²) in [6, 6.07) is 7.54. The number of rotatable bonds is 6. The number of amidine groups is 1. The molecule has 0 saturated heterocycles. The van der Waals surface area contributed by atoms with E-state index in [1.54, 1.807) is 6.92 Å². The van der Waals surface area contributed by atoms with Crippen LogP contribution in [0.4, 0.5) is 10.2 Å². The number of benzene rings is 1. The Bertz CT molecular complexity index is 587. The van der Waals surface area contributed by atoms with Crippen LogP contribution in [-0.2, 0) is 0 Å². The zero-order valence-electron chi connectivity index (χ0n) is 12.9. The fourth-order valence-electron chi connectivity index (χ4n) is 1.69. The minimum atomic E-state index is 0.162. The summed E-state index contributed by atoms with van der Waals surface area (Å²) in [5.74, 6) is 0.226. The average Bonchev–Trinajstić information content (AvgIpc) is 2.52. The Morgan fingerprint density at radius 3 is 2.48 bits per heavy atom. The lowest BCUT2D eigenvalue weighted by Crippen LogP contribution is -2.19. The third-order valence-corrected chi connectivity index (χ3v) is 3.18. The fraction of sp³-hybridized carbons (Fsp3) is 0.235. The van der Waals surface area contributed by atoms with E-state index in [1.807, 2.05) is 31.2 Å². The third kappa shape index (κ3) is 4.05. The number of anilines is 1. The van der Waals surface area contributed by atoms with Crippen LogP contribution in [0.25, 0.3) is 5.57 Å². The number of hydrogen-bond donors (Lipinski definition) is 1. The number of para-hydroxylation sites is 1.